The van der Waals surface area contributed by atoms with Crippen LogP contribution in [0.4, 0.5) is 4.79 Å². The number of piperazine rings is 1. The molecule has 7 heteroatoms. The summed E-state index contributed by atoms with van der Waals surface area (Å²) in [6.07, 6.45) is 0.860. The van der Waals surface area contributed by atoms with Gasteiger partial charge >= 0.3 is 12.0 Å². The lowest BCUT2D eigenvalue weighted by atomic mass is 9.89. The Kier molecular flexibility index (Phi) is 6.14. The summed E-state index contributed by atoms with van der Waals surface area (Å²) in [4.78, 5) is 38.5. The molecule has 0 aromatic heterocycles. The third-order valence-electron chi connectivity index (χ3n) is 3.63. The van der Waals surface area contributed by atoms with Gasteiger partial charge in [-0.25, -0.2) is 4.79 Å². The first kappa shape index (κ1) is 17.4. The van der Waals surface area contributed by atoms with E-state index < -0.39 is 23.3 Å². The molecule has 1 aliphatic heterocycles. The van der Waals surface area contributed by atoms with Crippen LogP contribution in [0.5, 0.6) is 0 Å². The topological polar surface area (TPSA) is 90.0 Å². The Balaban J connectivity index is 2.40. The zero-order valence-corrected chi connectivity index (χ0v) is 13.0. The quantitative estimate of drug-likeness (QED) is 0.782. The second kappa shape index (κ2) is 7.40. The molecule has 0 saturated carbocycles. The van der Waals surface area contributed by atoms with Crippen LogP contribution >= 0.6 is 0 Å². The van der Waals surface area contributed by atoms with Gasteiger partial charge in [-0.05, 0) is 26.8 Å². The summed E-state index contributed by atoms with van der Waals surface area (Å²) in [6.45, 7) is 8.82. The summed E-state index contributed by atoms with van der Waals surface area (Å²) < 4.78 is 0. The Bertz CT molecular complexity index is 401. The minimum absolute atomic E-state index is 0.218. The van der Waals surface area contributed by atoms with Gasteiger partial charge in [-0.15, -0.1) is 0 Å². The Labute approximate surface area is 125 Å². The fraction of sp³-hybridized carbons (Fsp3) is 0.786. The van der Waals surface area contributed by atoms with Crippen LogP contribution in [-0.4, -0.2) is 65.5 Å². The third kappa shape index (κ3) is 5.34. The zero-order chi connectivity index (χ0) is 16.0. The number of nitrogens with one attached hydrogen (secondary N) is 1. The summed E-state index contributed by atoms with van der Waals surface area (Å²) in [5, 5.41) is 11.2. The van der Waals surface area contributed by atoms with Crippen molar-refractivity contribution in [2.75, 3.05) is 32.7 Å². The number of aliphatic carboxylic acids is 1. The van der Waals surface area contributed by atoms with Crippen molar-refractivity contribution in [3.05, 3.63) is 0 Å². The molecule has 2 N–H and O–H groups in total. The molecule has 1 rings (SSSR count). The van der Waals surface area contributed by atoms with E-state index in [1.54, 1.807) is 4.90 Å². The maximum atomic E-state index is 12.0. The highest BCUT2D eigenvalue weighted by Gasteiger charge is 2.31. The van der Waals surface area contributed by atoms with E-state index in [4.69, 9.17) is 5.11 Å². The lowest BCUT2D eigenvalue weighted by molar-refractivity contribution is -0.149. The fourth-order valence-electron chi connectivity index (χ4n) is 2.21. The maximum absolute atomic E-state index is 12.0. The second-order valence-corrected chi connectivity index (χ2v) is 6.05. The predicted octanol–water partition coefficient (Wildman–Crippen LogP) is 0.751. The van der Waals surface area contributed by atoms with Crippen LogP contribution in [0, 0.1) is 5.41 Å². The molecule has 1 saturated heterocycles. The van der Waals surface area contributed by atoms with E-state index in [9.17, 15) is 14.4 Å². The first-order chi connectivity index (χ1) is 9.76. The molecule has 0 aliphatic carbocycles. The van der Waals surface area contributed by atoms with Crippen LogP contribution in [0.25, 0.3) is 0 Å². The number of carbonyl (C=O) groups excluding carboxylic acids is 2. The minimum atomic E-state index is -1.18. The molecule has 0 aromatic rings. The monoisotopic (exact) mass is 299 g/mol. The molecule has 1 fully saturated rings. The van der Waals surface area contributed by atoms with Gasteiger partial charge in [-0.1, -0.05) is 6.92 Å². The molecule has 0 atom stereocenters. The fourth-order valence-corrected chi connectivity index (χ4v) is 2.21. The molecule has 120 valence electrons. The molecule has 0 spiro atoms. The Hall–Kier alpha value is -1.63. The van der Waals surface area contributed by atoms with Gasteiger partial charge in [0.2, 0.25) is 5.91 Å². The van der Waals surface area contributed by atoms with Crippen molar-refractivity contribution >= 4 is 17.9 Å². The number of carbonyl (C=O) groups is 3. The second-order valence-electron chi connectivity index (χ2n) is 6.05. The number of urea groups is 1. The standard InChI is InChI=1S/C14H25N3O4/c1-4-5-16-6-8-17(9-7-16)13(21)15-11(18)10-14(2,3)12(19)20/h4-10H2,1-3H3,(H,19,20)(H,15,18,21). The number of carboxylic acids is 1. The summed E-state index contributed by atoms with van der Waals surface area (Å²) in [6, 6.07) is -0.433. The Morgan fingerprint density at radius 3 is 2.19 bits per heavy atom. The van der Waals surface area contributed by atoms with E-state index >= 15 is 0 Å². The van der Waals surface area contributed by atoms with E-state index in [-0.39, 0.29) is 6.42 Å². The van der Waals surface area contributed by atoms with Gasteiger partial charge < -0.3 is 10.0 Å². The molecule has 7 nitrogen and oxygen atoms in total. The highest BCUT2D eigenvalue weighted by molar-refractivity contribution is 5.96. The van der Waals surface area contributed by atoms with E-state index in [0.717, 1.165) is 26.1 Å². The molecular formula is C14H25N3O4. The molecular weight excluding hydrogens is 274 g/mol. The van der Waals surface area contributed by atoms with Crippen molar-refractivity contribution in [1.82, 2.24) is 15.1 Å². The van der Waals surface area contributed by atoms with Crippen molar-refractivity contribution in [1.29, 1.82) is 0 Å². The Morgan fingerprint density at radius 2 is 1.71 bits per heavy atom. The number of imide groups is 1. The maximum Gasteiger partial charge on any atom is 0.324 e. The van der Waals surface area contributed by atoms with Crippen molar-refractivity contribution in [3.8, 4) is 0 Å². The van der Waals surface area contributed by atoms with Crippen LogP contribution in [0.3, 0.4) is 0 Å². The van der Waals surface area contributed by atoms with Gasteiger partial charge in [0.1, 0.15) is 0 Å². The lowest BCUT2D eigenvalue weighted by Gasteiger charge is -2.34. The normalized spacial score (nSPS) is 16.6. The lowest BCUT2D eigenvalue weighted by Crippen LogP contribution is -2.53. The molecule has 3 amide bonds. The van der Waals surface area contributed by atoms with Crippen LogP contribution < -0.4 is 5.32 Å². The van der Waals surface area contributed by atoms with Gasteiger partial charge in [-0.2, -0.15) is 0 Å². The van der Waals surface area contributed by atoms with Crippen LogP contribution in [0.1, 0.15) is 33.6 Å². The molecule has 21 heavy (non-hydrogen) atoms. The van der Waals surface area contributed by atoms with Crippen LogP contribution in [-0.2, 0) is 9.59 Å². The van der Waals surface area contributed by atoms with Crippen molar-refractivity contribution < 1.29 is 19.5 Å². The molecule has 1 aliphatic rings. The number of nitrogens with zero attached hydrogens (tertiary/aromatic N) is 2. The van der Waals surface area contributed by atoms with E-state index in [1.165, 1.54) is 13.8 Å². The molecule has 0 bridgehead atoms. The van der Waals surface area contributed by atoms with Gasteiger partial charge in [-0.3, -0.25) is 19.8 Å². The first-order valence-electron chi connectivity index (χ1n) is 7.30. The van der Waals surface area contributed by atoms with Gasteiger partial charge in [0.25, 0.3) is 0 Å². The smallest absolute Gasteiger partial charge is 0.324 e. The van der Waals surface area contributed by atoms with Crippen molar-refractivity contribution in [2.45, 2.75) is 33.6 Å². The van der Waals surface area contributed by atoms with Gasteiger partial charge in [0, 0.05) is 32.6 Å². The van der Waals surface area contributed by atoms with Crippen molar-refractivity contribution in [3.63, 3.8) is 0 Å². The number of hydrogen-bond donors (Lipinski definition) is 2. The third-order valence-corrected chi connectivity index (χ3v) is 3.63. The number of rotatable bonds is 5. The average molecular weight is 299 g/mol. The summed E-state index contributed by atoms with van der Waals surface area (Å²) in [5.74, 6) is -1.61. The largest absolute Gasteiger partial charge is 0.481 e. The molecule has 0 aromatic carbocycles. The number of hydrogen-bond acceptors (Lipinski definition) is 4. The van der Waals surface area contributed by atoms with Crippen LogP contribution in [0.2, 0.25) is 0 Å². The molecule has 1 heterocycles. The van der Waals surface area contributed by atoms with E-state index in [2.05, 4.69) is 17.1 Å². The first-order valence-corrected chi connectivity index (χ1v) is 7.30. The summed E-state index contributed by atoms with van der Waals surface area (Å²) >= 11 is 0. The van der Waals surface area contributed by atoms with E-state index in [0.29, 0.717) is 13.1 Å². The number of carboxylic acid groups (broad SMARTS) is 1. The van der Waals surface area contributed by atoms with Gasteiger partial charge in [0.15, 0.2) is 0 Å². The summed E-state index contributed by atoms with van der Waals surface area (Å²) in [7, 11) is 0. The zero-order valence-electron chi connectivity index (χ0n) is 13.0. The Morgan fingerprint density at radius 1 is 1.14 bits per heavy atom. The van der Waals surface area contributed by atoms with Crippen LogP contribution in [0.15, 0.2) is 0 Å². The number of amides is 3. The molecule has 0 radical (unpaired) electrons. The molecule has 0 unspecified atom stereocenters. The summed E-state index contributed by atoms with van der Waals surface area (Å²) in [5.41, 5.74) is -1.18. The average Bonchev–Trinajstić information content (AvgIpc) is 2.38. The minimum Gasteiger partial charge on any atom is -0.481 e. The SMILES string of the molecule is CCCN1CCN(C(=O)NC(=O)CC(C)(C)C(=O)O)CC1. The predicted molar refractivity (Wildman–Crippen MR) is 77.9 cm³/mol. The highest BCUT2D eigenvalue weighted by atomic mass is 16.4. The van der Waals surface area contributed by atoms with E-state index in [1.807, 2.05) is 0 Å². The highest BCUT2D eigenvalue weighted by Crippen LogP contribution is 2.20. The van der Waals surface area contributed by atoms with Crippen molar-refractivity contribution in [2.24, 2.45) is 5.41 Å². The van der Waals surface area contributed by atoms with Gasteiger partial charge in [0.05, 0.1) is 5.41 Å².